The molecule has 0 fully saturated rings. The standard InChI is InChI=1S/C9H9NO5S.H3N/c1-2-15-6-4-3-5(11)8-7(6)9(12)10-16(8,13)14;/h3-4,11H,2H2,1H3,(H,10,12);1H3. The maximum absolute atomic E-state index is 11.5. The third kappa shape index (κ3) is 1.92. The Labute approximate surface area is 98.0 Å². The molecule has 94 valence electrons. The Morgan fingerprint density at radius 3 is 2.65 bits per heavy atom. The molecule has 2 rings (SSSR count). The van der Waals surface area contributed by atoms with E-state index in [-0.39, 0.29) is 17.5 Å². The van der Waals surface area contributed by atoms with Gasteiger partial charge >= 0.3 is 0 Å². The summed E-state index contributed by atoms with van der Waals surface area (Å²) in [5.74, 6) is -1.10. The van der Waals surface area contributed by atoms with Gasteiger partial charge in [0.25, 0.3) is 15.9 Å². The van der Waals surface area contributed by atoms with Gasteiger partial charge in [0.2, 0.25) is 0 Å². The number of phenols is 1. The number of carbonyl (C=O) groups excluding carboxylic acids is 1. The van der Waals surface area contributed by atoms with E-state index in [4.69, 9.17) is 4.74 Å². The largest absolute Gasteiger partial charge is 0.506 e. The van der Waals surface area contributed by atoms with Crippen molar-refractivity contribution in [1.29, 1.82) is 0 Å². The number of amides is 1. The highest BCUT2D eigenvalue weighted by molar-refractivity contribution is 7.90. The number of benzene rings is 1. The Bertz CT molecular complexity index is 567. The number of ether oxygens (including phenoxy) is 1. The lowest BCUT2D eigenvalue weighted by Gasteiger charge is -2.06. The normalized spacial score (nSPS) is 15.7. The Hall–Kier alpha value is -1.80. The van der Waals surface area contributed by atoms with Crippen LogP contribution in [-0.4, -0.2) is 26.0 Å². The van der Waals surface area contributed by atoms with Gasteiger partial charge in [0, 0.05) is 0 Å². The van der Waals surface area contributed by atoms with E-state index in [2.05, 4.69) is 0 Å². The predicted octanol–water partition coefficient (Wildman–Crippen LogP) is 0.385. The highest BCUT2D eigenvalue weighted by Gasteiger charge is 2.38. The van der Waals surface area contributed by atoms with Gasteiger partial charge in [0.05, 0.1) is 6.61 Å². The smallest absolute Gasteiger partial charge is 0.270 e. The fourth-order valence-electron chi connectivity index (χ4n) is 1.54. The molecule has 0 spiro atoms. The predicted molar refractivity (Wildman–Crippen MR) is 58.9 cm³/mol. The monoisotopic (exact) mass is 260 g/mol. The highest BCUT2D eigenvalue weighted by Crippen LogP contribution is 2.37. The number of phenolic OH excluding ortho intramolecular Hbond substituents is 1. The summed E-state index contributed by atoms with van der Waals surface area (Å²) in [5, 5.41) is 9.45. The third-order valence-corrected chi connectivity index (χ3v) is 3.53. The zero-order valence-electron chi connectivity index (χ0n) is 9.06. The van der Waals surface area contributed by atoms with Crippen LogP contribution in [0, 0.1) is 0 Å². The molecule has 1 heterocycles. The summed E-state index contributed by atoms with van der Waals surface area (Å²) in [4.78, 5) is 11.0. The Morgan fingerprint density at radius 1 is 1.41 bits per heavy atom. The van der Waals surface area contributed by atoms with Crippen molar-refractivity contribution in [2.45, 2.75) is 11.8 Å². The van der Waals surface area contributed by atoms with Gasteiger partial charge in [-0.05, 0) is 19.1 Å². The molecule has 0 atom stereocenters. The van der Waals surface area contributed by atoms with Crippen molar-refractivity contribution >= 4 is 15.9 Å². The van der Waals surface area contributed by atoms with Crippen molar-refractivity contribution in [1.82, 2.24) is 10.9 Å². The molecule has 1 aromatic rings. The molecule has 17 heavy (non-hydrogen) atoms. The second-order valence-electron chi connectivity index (χ2n) is 3.15. The zero-order chi connectivity index (χ0) is 11.9. The zero-order valence-corrected chi connectivity index (χ0v) is 9.87. The molecule has 0 radical (unpaired) electrons. The minimum Gasteiger partial charge on any atom is -0.506 e. The van der Waals surface area contributed by atoms with Crippen LogP contribution in [-0.2, 0) is 10.0 Å². The van der Waals surface area contributed by atoms with E-state index >= 15 is 0 Å². The SMILES string of the molecule is CCOc1ccc(O)c2c1C(=O)NS2(=O)=O.N. The summed E-state index contributed by atoms with van der Waals surface area (Å²) in [5.41, 5.74) is -0.137. The summed E-state index contributed by atoms with van der Waals surface area (Å²) in [6.45, 7) is 2.01. The van der Waals surface area contributed by atoms with Crippen molar-refractivity contribution in [3.63, 3.8) is 0 Å². The summed E-state index contributed by atoms with van der Waals surface area (Å²) in [6.07, 6.45) is 0. The van der Waals surface area contributed by atoms with Gasteiger partial charge in [-0.15, -0.1) is 0 Å². The molecule has 1 aliphatic rings. The lowest BCUT2D eigenvalue weighted by Crippen LogP contribution is -2.21. The molecular formula is C9H12N2O5S. The number of hydrogen-bond acceptors (Lipinski definition) is 6. The maximum atomic E-state index is 11.5. The molecule has 0 bridgehead atoms. The van der Waals surface area contributed by atoms with Gasteiger partial charge in [0.15, 0.2) is 0 Å². The topological polar surface area (TPSA) is 128 Å². The number of carbonyl (C=O) groups is 1. The van der Waals surface area contributed by atoms with Crippen LogP contribution >= 0.6 is 0 Å². The van der Waals surface area contributed by atoms with Crippen LogP contribution in [0.3, 0.4) is 0 Å². The van der Waals surface area contributed by atoms with Crippen LogP contribution in [0.25, 0.3) is 0 Å². The van der Waals surface area contributed by atoms with Gasteiger partial charge in [-0.25, -0.2) is 13.1 Å². The van der Waals surface area contributed by atoms with E-state index in [0.29, 0.717) is 6.61 Å². The van der Waals surface area contributed by atoms with Crippen LogP contribution in [0.2, 0.25) is 0 Å². The van der Waals surface area contributed by atoms with E-state index in [9.17, 15) is 18.3 Å². The van der Waals surface area contributed by atoms with E-state index in [1.54, 1.807) is 11.6 Å². The number of sulfonamides is 1. The number of fused-ring (bicyclic) bond motifs is 1. The number of rotatable bonds is 2. The molecular weight excluding hydrogens is 248 g/mol. The van der Waals surface area contributed by atoms with Crippen molar-refractivity contribution in [3.05, 3.63) is 17.7 Å². The first-order chi connectivity index (χ1) is 7.47. The van der Waals surface area contributed by atoms with Crippen LogP contribution < -0.4 is 15.6 Å². The fraction of sp³-hybridized carbons (Fsp3) is 0.222. The van der Waals surface area contributed by atoms with Gasteiger partial charge in [0.1, 0.15) is 22.0 Å². The van der Waals surface area contributed by atoms with Crippen molar-refractivity contribution in [3.8, 4) is 11.5 Å². The average molecular weight is 260 g/mol. The third-order valence-electron chi connectivity index (χ3n) is 2.12. The molecule has 5 N–H and O–H groups in total. The first-order valence-corrected chi connectivity index (χ1v) is 6.01. The van der Waals surface area contributed by atoms with Crippen LogP contribution in [0.5, 0.6) is 11.5 Å². The molecule has 0 aromatic heterocycles. The van der Waals surface area contributed by atoms with Crippen molar-refractivity contribution < 1.29 is 23.1 Å². The van der Waals surface area contributed by atoms with E-state index in [0.717, 1.165) is 0 Å². The molecule has 1 aliphatic heterocycles. The molecule has 0 saturated heterocycles. The van der Waals surface area contributed by atoms with E-state index < -0.39 is 26.6 Å². The summed E-state index contributed by atoms with van der Waals surface area (Å²) < 4.78 is 29.9. The fourth-order valence-corrected chi connectivity index (χ4v) is 2.79. The molecule has 8 heteroatoms. The molecule has 0 aliphatic carbocycles. The molecule has 1 amide bonds. The maximum Gasteiger partial charge on any atom is 0.270 e. The Kier molecular flexibility index (Phi) is 3.30. The Morgan fingerprint density at radius 2 is 2.06 bits per heavy atom. The molecule has 0 saturated carbocycles. The lowest BCUT2D eigenvalue weighted by atomic mass is 10.2. The van der Waals surface area contributed by atoms with E-state index in [1.165, 1.54) is 12.1 Å². The molecule has 7 nitrogen and oxygen atoms in total. The molecule has 0 unspecified atom stereocenters. The minimum absolute atomic E-state index is 0. The minimum atomic E-state index is -3.96. The van der Waals surface area contributed by atoms with E-state index in [1.807, 2.05) is 0 Å². The van der Waals surface area contributed by atoms with Gasteiger partial charge in [-0.1, -0.05) is 0 Å². The number of aromatic hydroxyl groups is 1. The highest BCUT2D eigenvalue weighted by atomic mass is 32.2. The van der Waals surface area contributed by atoms with Gasteiger partial charge in [-0.3, -0.25) is 4.79 Å². The van der Waals surface area contributed by atoms with Crippen molar-refractivity contribution in [2.75, 3.05) is 6.61 Å². The first-order valence-electron chi connectivity index (χ1n) is 4.53. The second kappa shape index (κ2) is 4.22. The van der Waals surface area contributed by atoms with Crippen molar-refractivity contribution in [2.24, 2.45) is 0 Å². The number of hydrogen-bond donors (Lipinski definition) is 3. The second-order valence-corrected chi connectivity index (χ2v) is 4.77. The summed E-state index contributed by atoms with van der Waals surface area (Å²) in [6, 6.07) is 2.54. The van der Waals surface area contributed by atoms with Gasteiger partial charge < -0.3 is 16.0 Å². The van der Waals surface area contributed by atoms with Crippen LogP contribution in [0.1, 0.15) is 17.3 Å². The lowest BCUT2D eigenvalue weighted by molar-refractivity contribution is 0.0981. The molecule has 1 aromatic carbocycles. The van der Waals surface area contributed by atoms with Crippen LogP contribution in [0.4, 0.5) is 0 Å². The first kappa shape index (κ1) is 13.3. The Balaban J connectivity index is 0.00000144. The summed E-state index contributed by atoms with van der Waals surface area (Å²) in [7, 11) is -3.96. The summed E-state index contributed by atoms with van der Waals surface area (Å²) >= 11 is 0. The quantitative estimate of drug-likeness (QED) is 0.705. The van der Waals surface area contributed by atoms with Gasteiger partial charge in [-0.2, -0.15) is 0 Å². The number of nitrogens with one attached hydrogen (secondary N) is 1. The van der Waals surface area contributed by atoms with Crippen LogP contribution in [0.15, 0.2) is 17.0 Å². The average Bonchev–Trinajstić information content (AvgIpc) is 2.43.